The summed E-state index contributed by atoms with van der Waals surface area (Å²) in [6.07, 6.45) is 3.51. The fourth-order valence-electron chi connectivity index (χ4n) is 2.06. The highest BCUT2D eigenvalue weighted by Gasteiger charge is 2.16. The molecular formula is C16H12BrN3O3S. The topological polar surface area (TPSA) is 73.2 Å². The van der Waals surface area contributed by atoms with Gasteiger partial charge in [0.2, 0.25) is 0 Å². The Labute approximate surface area is 150 Å². The van der Waals surface area contributed by atoms with Gasteiger partial charge in [-0.05, 0) is 51.6 Å². The van der Waals surface area contributed by atoms with E-state index in [0.29, 0.717) is 16.1 Å². The molecule has 0 fully saturated rings. The fourth-order valence-corrected chi connectivity index (χ4v) is 3.11. The molecule has 0 saturated heterocycles. The molecule has 1 aromatic carbocycles. The average Bonchev–Trinajstić information content (AvgIpc) is 3.23. The van der Waals surface area contributed by atoms with Gasteiger partial charge >= 0.3 is 5.97 Å². The monoisotopic (exact) mass is 405 g/mol. The Balaban J connectivity index is 1.76. The number of benzene rings is 1. The van der Waals surface area contributed by atoms with E-state index in [1.807, 2.05) is 6.20 Å². The molecule has 1 amide bonds. The number of anilines is 1. The fraction of sp³-hybridized carbons (Fsp3) is 0.0625. The maximum Gasteiger partial charge on any atom is 0.350 e. The zero-order valence-corrected chi connectivity index (χ0v) is 14.9. The van der Waals surface area contributed by atoms with E-state index in [9.17, 15) is 9.59 Å². The molecule has 8 heteroatoms. The Morgan fingerprint density at radius 2 is 2.00 bits per heavy atom. The van der Waals surface area contributed by atoms with Crippen LogP contribution in [-0.2, 0) is 4.74 Å². The Bertz CT molecular complexity index is 886. The number of hydrogen-bond acceptors (Lipinski definition) is 5. The Kier molecular flexibility index (Phi) is 4.77. The molecule has 0 spiro atoms. The lowest BCUT2D eigenvalue weighted by molar-refractivity contribution is 0.0607. The molecule has 24 heavy (non-hydrogen) atoms. The summed E-state index contributed by atoms with van der Waals surface area (Å²) in [7, 11) is 1.31. The Hall–Kier alpha value is -2.45. The molecule has 3 rings (SSSR count). The average molecular weight is 406 g/mol. The molecule has 0 radical (unpaired) electrons. The van der Waals surface area contributed by atoms with E-state index in [0.717, 1.165) is 10.2 Å². The van der Waals surface area contributed by atoms with Crippen LogP contribution in [0, 0.1) is 0 Å². The number of nitrogens with one attached hydrogen (secondary N) is 1. The molecule has 0 bridgehead atoms. The molecule has 0 unspecified atom stereocenters. The van der Waals surface area contributed by atoms with Gasteiger partial charge < -0.3 is 10.1 Å². The molecule has 0 atom stereocenters. The summed E-state index contributed by atoms with van der Waals surface area (Å²) in [4.78, 5) is 24.3. The van der Waals surface area contributed by atoms with Crippen molar-refractivity contribution in [1.82, 2.24) is 9.78 Å². The smallest absolute Gasteiger partial charge is 0.350 e. The van der Waals surface area contributed by atoms with E-state index < -0.39 is 5.97 Å². The van der Waals surface area contributed by atoms with Crippen LogP contribution in [0.25, 0.3) is 5.69 Å². The third kappa shape index (κ3) is 3.39. The summed E-state index contributed by atoms with van der Waals surface area (Å²) < 4.78 is 7.26. The van der Waals surface area contributed by atoms with Crippen LogP contribution in [0.3, 0.4) is 0 Å². The van der Waals surface area contributed by atoms with Crippen molar-refractivity contribution in [2.45, 2.75) is 0 Å². The van der Waals surface area contributed by atoms with Crippen molar-refractivity contribution in [3.05, 3.63) is 63.0 Å². The second kappa shape index (κ2) is 6.98. The minimum atomic E-state index is -0.472. The van der Waals surface area contributed by atoms with Crippen molar-refractivity contribution in [2.75, 3.05) is 12.4 Å². The number of hydrogen-bond donors (Lipinski definition) is 1. The maximum absolute atomic E-state index is 12.3. The van der Waals surface area contributed by atoms with Gasteiger partial charge in [-0.3, -0.25) is 4.79 Å². The minimum Gasteiger partial charge on any atom is -0.465 e. The van der Waals surface area contributed by atoms with E-state index in [1.54, 1.807) is 46.6 Å². The van der Waals surface area contributed by atoms with Gasteiger partial charge in [0.1, 0.15) is 4.88 Å². The first-order valence-electron chi connectivity index (χ1n) is 6.86. The minimum absolute atomic E-state index is 0.299. The van der Waals surface area contributed by atoms with Gasteiger partial charge in [0, 0.05) is 11.8 Å². The quantitative estimate of drug-likeness (QED) is 0.671. The third-order valence-corrected chi connectivity index (χ3v) is 4.53. The summed E-state index contributed by atoms with van der Waals surface area (Å²) in [5, 5.41) is 8.63. The van der Waals surface area contributed by atoms with Gasteiger partial charge in [0.25, 0.3) is 5.91 Å². The van der Waals surface area contributed by atoms with E-state index in [2.05, 4.69) is 26.3 Å². The lowest BCUT2D eigenvalue weighted by atomic mass is 10.2. The highest BCUT2D eigenvalue weighted by molar-refractivity contribution is 9.10. The zero-order chi connectivity index (χ0) is 17.1. The van der Waals surface area contributed by atoms with Gasteiger partial charge in [0.05, 0.1) is 29.2 Å². The van der Waals surface area contributed by atoms with Crippen LogP contribution in [0.2, 0.25) is 0 Å². The summed E-state index contributed by atoms with van der Waals surface area (Å²) in [6, 6.07) is 8.66. The number of methoxy groups -OCH3 is 1. The number of amides is 1. The predicted molar refractivity (Wildman–Crippen MR) is 94.9 cm³/mol. The van der Waals surface area contributed by atoms with Crippen LogP contribution < -0.4 is 5.32 Å². The normalized spacial score (nSPS) is 10.4. The number of rotatable bonds is 4. The van der Waals surface area contributed by atoms with Crippen molar-refractivity contribution in [3.8, 4) is 5.69 Å². The van der Waals surface area contributed by atoms with Gasteiger partial charge in [-0.2, -0.15) is 5.10 Å². The van der Waals surface area contributed by atoms with Crippen LogP contribution in [-0.4, -0.2) is 28.8 Å². The lowest BCUT2D eigenvalue weighted by Crippen LogP contribution is -2.14. The molecule has 0 saturated carbocycles. The maximum atomic E-state index is 12.3. The van der Waals surface area contributed by atoms with Gasteiger partial charge in [-0.1, -0.05) is 0 Å². The standard InChI is InChI=1S/C16H12BrN3O3S/c1-23-16(22)14-13(6-7-24-14)19-15(21)10-2-4-12(5-3-10)20-9-11(17)8-18-20/h2-9H,1H3,(H,19,21). The van der Waals surface area contributed by atoms with E-state index in [1.165, 1.54) is 18.4 Å². The largest absolute Gasteiger partial charge is 0.465 e. The summed E-state index contributed by atoms with van der Waals surface area (Å²) >= 11 is 4.56. The van der Waals surface area contributed by atoms with Crippen LogP contribution in [0.15, 0.2) is 52.6 Å². The number of ether oxygens (including phenoxy) is 1. The van der Waals surface area contributed by atoms with Crippen LogP contribution in [0.5, 0.6) is 0 Å². The second-order valence-corrected chi connectivity index (χ2v) is 6.59. The number of carbonyl (C=O) groups excluding carboxylic acids is 2. The third-order valence-electron chi connectivity index (χ3n) is 3.23. The number of carbonyl (C=O) groups is 2. The SMILES string of the molecule is COC(=O)c1sccc1NC(=O)c1ccc(-n2cc(Br)cn2)cc1. The molecule has 2 aromatic heterocycles. The molecule has 0 aliphatic carbocycles. The molecule has 0 aliphatic rings. The van der Waals surface area contributed by atoms with E-state index in [4.69, 9.17) is 4.74 Å². The molecule has 1 N–H and O–H groups in total. The molecular weight excluding hydrogens is 394 g/mol. The van der Waals surface area contributed by atoms with Crippen LogP contribution in [0.1, 0.15) is 20.0 Å². The highest BCUT2D eigenvalue weighted by Crippen LogP contribution is 2.24. The number of nitrogens with zero attached hydrogens (tertiary/aromatic N) is 2. The van der Waals surface area contributed by atoms with E-state index in [-0.39, 0.29) is 5.91 Å². The molecule has 0 aliphatic heterocycles. The van der Waals surface area contributed by atoms with Crippen molar-refractivity contribution in [2.24, 2.45) is 0 Å². The van der Waals surface area contributed by atoms with E-state index >= 15 is 0 Å². The van der Waals surface area contributed by atoms with Crippen LogP contribution >= 0.6 is 27.3 Å². The molecule has 122 valence electrons. The highest BCUT2D eigenvalue weighted by atomic mass is 79.9. The first-order valence-corrected chi connectivity index (χ1v) is 8.53. The van der Waals surface area contributed by atoms with Gasteiger partial charge in [0.15, 0.2) is 0 Å². The summed E-state index contributed by atoms with van der Waals surface area (Å²) in [5.41, 5.74) is 1.76. The Morgan fingerprint density at radius 3 is 2.62 bits per heavy atom. The predicted octanol–water partition coefficient (Wildman–Crippen LogP) is 3.74. The van der Waals surface area contributed by atoms with Crippen molar-refractivity contribution in [1.29, 1.82) is 0 Å². The second-order valence-electron chi connectivity index (χ2n) is 4.76. The first kappa shape index (κ1) is 16.4. The summed E-state index contributed by atoms with van der Waals surface area (Å²) in [6.45, 7) is 0. The summed E-state index contributed by atoms with van der Waals surface area (Å²) in [5.74, 6) is -0.772. The number of halogens is 1. The molecule has 2 heterocycles. The first-order chi connectivity index (χ1) is 11.6. The Morgan fingerprint density at radius 1 is 1.25 bits per heavy atom. The van der Waals surface area contributed by atoms with Crippen molar-refractivity contribution in [3.63, 3.8) is 0 Å². The molecule has 3 aromatic rings. The zero-order valence-electron chi connectivity index (χ0n) is 12.5. The lowest BCUT2D eigenvalue weighted by Gasteiger charge is -2.07. The van der Waals surface area contributed by atoms with Crippen molar-refractivity contribution < 1.29 is 14.3 Å². The number of esters is 1. The number of thiophene rings is 1. The number of aromatic nitrogens is 2. The molecule has 6 nitrogen and oxygen atoms in total. The van der Waals surface area contributed by atoms with Crippen molar-refractivity contribution >= 4 is 44.8 Å². The van der Waals surface area contributed by atoms with Gasteiger partial charge in [-0.15, -0.1) is 11.3 Å². The van der Waals surface area contributed by atoms with Crippen LogP contribution in [0.4, 0.5) is 5.69 Å². The van der Waals surface area contributed by atoms with Gasteiger partial charge in [-0.25, -0.2) is 9.48 Å².